The standard InChI is InChI=1S/C15H22O2S/c1-14(2)7-8-18-11-15(14,16)10-12-5-4-6-13(9-12)17-3/h4-6,9,16H,7-8,10-11H2,1-3H3. The second kappa shape index (κ2) is 5.14. The van der Waals surface area contributed by atoms with Gasteiger partial charge >= 0.3 is 0 Å². The molecular weight excluding hydrogens is 244 g/mol. The average Bonchev–Trinajstić information content (AvgIpc) is 2.33. The summed E-state index contributed by atoms with van der Waals surface area (Å²) in [6, 6.07) is 8.01. The summed E-state index contributed by atoms with van der Waals surface area (Å²) in [6.45, 7) is 4.35. The Morgan fingerprint density at radius 2 is 2.17 bits per heavy atom. The average molecular weight is 266 g/mol. The van der Waals surface area contributed by atoms with Gasteiger partial charge in [-0.15, -0.1) is 0 Å². The van der Waals surface area contributed by atoms with E-state index in [1.807, 2.05) is 30.0 Å². The fourth-order valence-electron chi connectivity index (χ4n) is 2.41. The van der Waals surface area contributed by atoms with Crippen molar-refractivity contribution in [1.29, 1.82) is 0 Å². The largest absolute Gasteiger partial charge is 0.497 e. The van der Waals surface area contributed by atoms with Gasteiger partial charge in [-0.3, -0.25) is 0 Å². The molecule has 0 radical (unpaired) electrons. The zero-order valence-electron chi connectivity index (χ0n) is 11.4. The predicted octanol–water partition coefficient (Wildman–Crippen LogP) is 3.13. The van der Waals surface area contributed by atoms with Crippen molar-refractivity contribution in [3.8, 4) is 5.75 Å². The molecule has 0 amide bonds. The van der Waals surface area contributed by atoms with Crippen molar-refractivity contribution < 1.29 is 9.84 Å². The molecule has 1 saturated heterocycles. The third kappa shape index (κ3) is 2.67. The number of rotatable bonds is 3. The molecule has 1 fully saturated rings. The summed E-state index contributed by atoms with van der Waals surface area (Å²) in [5.74, 6) is 2.82. The quantitative estimate of drug-likeness (QED) is 0.911. The lowest BCUT2D eigenvalue weighted by atomic mass is 9.70. The van der Waals surface area contributed by atoms with Gasteiger partial charge in [0.2, 0.25) is 0 Å². The Morgan fingerprint density at radius 3 is 2.83 bits per heavy atom. The van der Waals surface area contributed by atoms with Crippen LogP contribution in [0.15, 0.2) is 24.3 Å². The van der Waals surface area contributed by atoms with Crippen molar-refractivity contribution in [2.75, 3.05) is 18.6 Å². The topological polar surface area (TPSA) is 29.5 Å². The van der Waals surface area contributed by atoms with Crippen molar-refractivity contribution in [1.82, 2.24) is 0 Å². The molecule has 1 aliphatic heterocycles. The van der Waals surface area contributed by atoms with E-state index in [9.17, 15) is 5.11 Å². The molecule has 0 aliphatic carbocycles. The van der Waals surface area contributed by atoms with Crippen molar-refractivity contribution in [3.05, 3.63) is 29.8 Å². The summed E-state index contributed by atoms with van der Waals surface area (Å²) in [7, 11) is 1.67. The summed E-state index contributed by atoms with van der Waals surface area (Å²) in [4.78, 5) is 0. The summed E-state index contributed by atoms with van der Waals surface area (Å²) in [6.07, 6.45) is 1.77. The lowest BCUT2D eigenvalue weighted by Gasteiger charge is -2.46. The summed E-state index contributed by atoms with van der Waals surface area (Å²) in [5.41, 5.74) is 0.497. The summed E-state index contributed by atoms with van der Waals surface area (Å²) in [5, 5.41) is 11.0. The van der Waals surface area contributed by atoms with Gasteiger partial charge in [0.1, 0.15) is 5.75 Å². The number of methoxy groups -OCH3 is 1. The van der Waals surface area contributed by atoms with Crippen molar-refractivity contribution in [2.45, 2.75) is 32.3 Å². The lowest BCUT2D eigenvalue weighted by Crippen LogP contribution is -2.51. The normalized spacial score (nSPS) is 26.9. The first kappa shape index (κ1) is 13.8. The Hall–Kier alpha value is -0.670. The maximum Gasteiger partial charge on any atom is 0.119 e. The number of ether oxygens (including phenoxy) is 1. The minimum absolute atomic E-state index is 0.0265. The van der Waals surface area contributed by atoms with E-state index in [0.29, 0.717) is 6.42 Å². The molecule has 2 rings (SSSR count). The van der Waals surface area contributed by atoms with Crippen molar-refractivity contribution in [3.63, 3.8) is 0 Å². The number of thioether (sulfide) groups is 1. The van der Waals surface area contributed by atoms with Crippen molar-refractivity contribution in [2.24, 2.45) is 5.41 Å². The fraction of sp³-hybridized carbons (Fsp3) is 0.600. The molecule has 3 heteroatoms. The first-order chi connectivity index (χ1) is 8.47. The number of benzene rings is 1. The SMILES string of the molecule is COc1cccc(CC2(O)CSCCC2(C)C)c1. The Bertz CT molecular complexity index is 417. The van der Waals surface area contributed by atoms with Crippen LogP contribution >= 0.6 is 11.8 Å². The first-order valence-corrected chi connectivity index (χ1v) is 7.55. The summed E-state index contributed by atoms with van der Waals surface area (Å²) >= 11 is 1.85. The van der Waals surface area contributed by atoms with Gasteiger partial charge in [-0.25, -0.2) is 0 Å². The van der Waals surface area contributed by atoms with Crippen LogP contribution in [0, 0.1) is 5.41 Å². The molecule has 0 spiro atoms. The van der Waals surface area contributed by atoms with Crippen LogP contribution in [0.25, 0.3) is 0 Å². The second-order valence-corrected chi connectivity index (χ2v) is 6.85. The molecule has 1 N–H and O–H groups in total. The highest BCUT2D eigenvalue weighted by Gasteiger charge is 2.45. The van der Waals surface area contributed by atoms with Gasteiger partial charge in [0.15, 0.2) is 0 Å². The molecule has 2 nitrogen and oxygen atoms in total. The maximum absolute atomic E-state index is 11.0. The van der Waals surface area contributed by atoms with Crippen LogP contribution in [-0.4, -0.2) is 29.3 Å². The van der Waals surface area contributed by atoms with Gasteiger partial charge in [-0.05, 0) is 35.3 Å². The molecule has 0 aromatic heterocycles. The van der Waals surface area contributed by atoms with E-state index < -0.39 is 5.60 Å². The number of aliphatic hydroxyl groups is 1. The minimum Gasteiger partial charge on any atom is -0.497 e. The van der Waals surface area contributed by atoms with Gasteiger partial charge < -0.3 is 9.84 Å². The van der Waals surface area contributed by atoms with Gasteiger partial charge in [0, 0.05) is 12.2 Å². The third-order valence-corrected chi connectivity index (χ3v) is 5.28. The highest BCUT2D eigenvalue weighted by atomic mass is 32.2. The summed E-state index contributed by atoms with van der Waals surface area (Å²) < 4.78 is 5.24. The van der Waals surface area contributed by atoms with E-state index in [1.54, 1.807) is 7.11 Å². The molecule has 1 aliphatic rings. The van der Waals surface area contributed by atoms with E-state index in [2.05, 4.69) is 19.9 Å². The van der Waals surface area contributed by atoms with E-state index in [-0.39, 0.29) is 5.41 Å². The van der Waals surface area contributed by atoms with E-state index in [4.69, 9.17) is 4.74 Å². The first-order valence-electron chi connectivity index (χ1n) is 6.40. The number of hydrogen-bond acceptors (Lipinski definition) is 3. The van der Waals surface area contributed by atoms with Gasteiger partial charge in [0.05, 0.1) is 12.7 Å². The Balaban J connectivity index is 2.20. The van der Waals surface area contributed by atoms with Gasteiger partial charge in [0.25, 0.3) is 0 Å². The minimum atomic E-state index is -0.623. The Kier molecular flexibility index (Phi) is 3.93. The number of hydrogen-bond donors (Lipinski definition) is 1. The van der Waals surface area contributed by atoms with Crippen LogP contribution in [0.3, 0.4) is 0 Å². The Labute approximate surface area is 114 Å². The highest BCUT2D eigenvalue weighted by molar-refractivity contribution is 7.99. The van der Waals surface area contributed by atoms with Crippen LogP contribution in [0.5, 0.6) is 5.75 Å². The van der Waals surface area contributed by atoms with Crippen LogP contribution in [0.1, 0.15) is 25.8 Å². The predicted molar refractivity (Wildman–Crippen MR) is 77.4 cm³/mol. The molecule has 0 saturated carbocycles. The van der Waals surface area contributed by atoms with E-state index in [0.717, 1.165) is 29.2 Å². The smallest absolute Gasteiger partial charge is 0.119 e. The monoisotopic (exact) mass is 266 g/mol. The molecule has 100 valence electrons. The van der Waals surface area contributed by atoms with Crippen LogP contribution in [0.2, 0.25) is 0 Å². The van der Waals surface area contributed by atoms with Crippen LogP contribution in [0.4, 0.5) is 0 Å². The molecule has 0 bridgehead atoms. The van der Waals surface area contributed by atoms with E-state index >= 15 is 0 Å². The zero-order chi connectivity index (χ0) is 13.2. The molecule has 1 aromatic rings. The molecule has 1 heterocycles. The van der Waals surface area contributed by atoms with Crippen molar-refractivity contribution >= 4 is 11.8 Å². The van der Waals surface area contributed by atoms with Crippen LogP contribution in [-0.2, 0) is 6.42 Å². The lowest BCUT2D eigenvalue weighted by molar-refractivity contribution is -0.0513. The maximum atomic E-state index is 11.0. The molecule has 1 unspecified atom stereocenters. The zero-order valence-corrected chi connectivity index (χ0v) is 12.2. The van der Waals surface area contributed by atoms with E-state index in [1.165, 1.54) is 0 Å². The Morgan fingerprint density at radius 1 is 1.39 bits per heavy atom. The molecular formula is C15H22O2S. The van der Waals surface area contributed by atoms with Gasteiger partial charge in [-0.1, -0.05) is 26.0 Å². The fourth-order valence-corrected chi connectivity index (χ4v) is 4.04. The third-order valence-electron chi connectivity index (χ3n) is 4.10. The molecule has 1 aromatic carbocycles. The van der Waals surface area contributed by atoms with Gasteiger partial charge in [-0.2, -0.15) is 11.8 Å². The molecule has 18 heavy (non-hydrogen) atoms. The second-order valence-electron chi connectivity index (χ2n) is 5.75. The van der Waals surface area contributed by atoms with Crippen LogP contribution < -0.4 is 4.74 Å². The highest BCUT2D eigenvalue weighted by Crippen LogP contribution is 2.44. The molecule has 1 atom stereocenters.